The van der Waals surface area contributed by atoms with Crippen LogP contribution < -0.4 is 10.6 Å². The van der Waals surface area contributed by atoms with Crippen molar-refractivity contribution in [3.63, 3.8) is 0 Å². The summed E-state index contributed by atoms with van der Waals surface area (Å²) in [6, 6.07) is 7.25. The van der Waals surface area contributed by atoms with Gasteiger partial charge in [-0.2, -0.15) is 0 Å². The highest BCUT2D eigenvalue weighted by atomic mass is 16.2. The van der Waals surface area contributed by atoms with E-state index >= 15 is 0 Å². The maximum atomic E-state index is 12.4. The van der Waals surface area contributed by atoms with E-state index in [4.69, 9.17) is 0 Å². The Hall–Kier alpha value is -2.08. The van der Waals surface area contributed by atoms with Gasteiger partial charge in [-0.25, -0.2) is 4.79 Å². The molecule has 1 aromatic carbocycles. The summed E-state index contributed by atoms with van der Waals surface area (Å²) in [4.78, 5) is 28.2. The number of hydrogen-bond donors (Lipinski definition) is 2. The van der Waals surface area contributed by atoms with Crippen molar-refractivity contribution in [2.45, 2.75) is 39.3 Å². The van der Waals surface area contributed by atoms with Crippen LogP contribution in [-0.4, -0.2) is 60.5 Å². The molecule has 0 bridgehead atoms. The Morgan fingerprint density at radius 2 is 1.68 bits per heavy atom. The lowest BCUT2D eigenvalue weighted by Gasteiger charge is -2.43. The van der Waals surface area contributed by atoms with E-state index in [2.05, 4.69) is 36.3 Å². The quantitative estimate of drug-likeness (QED) is 0.858. The summed E-state index contributed by atoms with van der Waals surface area (Å²) in [5.41, 5.74) is 1.79. The van der Waals surface area contributed by atoms with E-state index in [1.165, 1.54) is 0 Å². The lowest BCUT2D eigenvalue weighted by molar-refractivity contribution is 0.0614. The molecule has 1 heterocycles. The molecule has 0 atom stereocenters. The third-order valence-electron chi connectivity index (χ3n) is 5.18. The van der Waals surface area contributed by atoms with Crippen LogP contribution in [0.25, 0.3) is 0 Å². The van der Waals surface area contributed by atoms with Gasteiger partial charge in [0.1, 0.15) is 0 Å². The zero-order valence-corrected chi connectivity index (χ0v) is 15.8. The fourth-order valence-electron chi connectivity index (χ4n) is 2.95. The SMILES string of the molecule is CCC(C)(C)N1CCN(C(=O)NCc2ccc(C(=O)NC)cc2)CC1. The van der Waals surface area contributed by atoms with Crippen LogP contribution in [0.4, 0.5) is 4.79 Å². The monoisotopic (exact) mass is 346 g/mol. The summed E-state index contributed by atoms with van der Waals surface area (Å²) in [6.45, 7) is 10.5. The Kier molecular flexibility index (Phi) is 6.42. The minimum Gasteiger partial charge on any atom is -0.355 e. The highest BCUT2D eigenvalue weighted by Gasteiger charge is 2.29. The molecule has 1 fully saturated rings. The summed E-state index contributed by atoms with van der Waals surface area (Å²) in [5, 5.41) is 5.56. The van der Waals surface area contributed by atoms with Gasteiger partial charge in [-0.15, -0.1) is 0 Å². The molecule has 1 saturated heterocycles. The number of amides is 3. The van der Waals surface area contributed by atoms with Crippen LogP contribution in [0.15, 0.2) is 24.3 Å². The number of carbonyl (C=O) groups is 2. The first-order valence-electron chi connectivity index (χ1n) is 8.96. The predicted molar refractivity (Wildman–Crippen MR) is 99.6 cm³/mol. The zero-order valence-electron chi connectivity index (χ0n) is 15.8. The fraction of sp³-hybridized carbons (Fsp3) is 0.579. The molecule has 3 amide bonds. The molecule has 0 saturated carbocycles. The summed E-state index contributed by atoms with van der Waals surface area (Å²) >= 11 is 0. The maximum absolute atomic E-state index is 12.4. The smallest absolute Gasteiger partial charge is 0.317 e. The maximum Gasteiger partial charge on any atom is 0.317 e. The van der Waals surface area contributed by atoms with Crippen molar-refractivity contribution < 1.29 is 9.59 Å². The van der Waals surface area contributed by atoms with E-state index in [0.29, 0.717) is 12.1 Å². The predicted octanol–water partition coefficient (Wildman–Crippen LogP) is 2.06. The van der Waals surface area contributed by atoms with Gasteiger partial charge in [0.25, 0.3) is 5.91 Å². The molecule has 25 heavy (non-hydrogen) atoms. The normalized spacial score (nSPS) is 15.8. The van der Waals surface area contributed by atoms with E-state index in [-0.39, 0.29) is 17.5 Å². The Morgan fingerprint density at radius 3 is 2.20 bits per heavy atom. The highest BCUT2D eigenvalue weighted by Crippen LogP contribution is 2.20. The number of benzene rings is 1. The number of urea groups is 1. The molecule has 2 N–H and O–H groups in total. The molecule has 1 aromatic rings. The summed E-state index contributed by atoms with van der Waals surface area (Å²) in [5.74, 6) is -0.108. The molecular formula is C19H30N4O2. The van der Waals surface area contributed by atoms with Gasteiger partial charge in [-0.1, -0.05) is 19.1 Å². The van der Waals surface area contributed by atoms with Crippen molar-refractivity contribution in [1.82, 2.24) is 20.4 Å². The van der Waals surface area contributed by atoms with Crippen LogP contribution >= 0.6 is 0 Å². The minimum atomic E-state index is -0.108. The molecule has 138 valence electrons. The Balaban J connectivity index is 1.80. The first kappa shape index (κ1) is 19.2. The average molecular weight is 346 g/mol. The van der Waals surface area contributed by atoms with Gasteiger partial charge in [0.15, 0.2) is 0 Å². The first-order chi connectivity index (χ1) is 11.9. The third-order valence-corrected chi connectivity index (χ3v) is 5.18. The summed E-state index contributed by atoms with van der Waals surface area (Å²) < 4.78 is 0. The Morgan fingerprint density at radius 1 is 1.08 bits per heavy atom. The fourth-order valence-corrected chi connectivity index (χ4v) is 2.95. The molecule has 0 unspecified atom stereocenters. The Labute approximate surface area is 150 Å². The lowest BCUT2D eigenvalue weighted by Crippen LogP contribution is -2.57. The number of rotatable bonds is 5. The van der Waals surface area contributed by atoms with Crippen molar-refractivity contribution in [2.24, 2.45) is 0 Å². The second-order valence-electron chi connectivity index (χ2n) is 7.07. The average Bonchev–Trinajstić information content (AvgIpc) is 2.66. The molecule has 0 aliphatic carbocycles. The van der Waals surface area contributed by atoms with Gasteiger partial charge < -0.3 is 15.5 Å². The standard InChI is InChI=1S/C19H30N4O2/c1-5-19(2,3)23-12-10-22(11-13-23)18(25)21-14-15-6-8-16(9-7-15)17(24)20-4/h6-9H,5,10-14H2,1-4H3,(H,20,24)(H,21,25). The topological polar surface area (TPSA) is 64.7 Å². The van der Waals surface area contributed by atoms with Gasteiger partial charge in [-0.05, 0) is 38.0 Å². The third kappa shape index (κ3) is 4.95. The molecule has 6 heteroatoms. The van der Waals surface area contributed by atoms with Gasteiger partial charge in [-0.3, -0.25) is 9.69 Å². The van der Waals surface area contributed by atoms with Crippen molar-refractivity contribution in [3.05, 3.63) is 35.4 Å². The van der Waals surface area contributed by atoms with Crippen LogP contribution in [0.2, 0.25) is 0 Å². The van der Waals surface area contributed by atoms with E-state index in [1.807, 2.05) is 17.0 Å². The second-order valence-corrected chi connectivity index (χ2v) is 7.07. The van der Waals surface area contributed by atoms with Gasteiger partial charge in [0.2, 0.25) is 0 Å². The first-order valence-corrected chi connectivity index (χ1v) is 8.96. The number of nitrogens with zero attached hydrogens (tertiary/aromatic N) is 2. The van der Waals surface area contributed by atoms with Crippen LogP contribution in [-0.2, 0) is 6.54 Å². The van der Waals surface area contributed by atoms with Gasteiger partial charge in [0.05, 0.1) is 0 Å². The molecule has 6 nitrogen and oxygen atoms in total. The van der Waals surface area contributed by atoms with Crippen molar-refractivity contribution in [3.8, 4) is 0 Å². The number of piperazine rings is 1. The molecule has 0 spiro atoms. The van der Waals surface area contributed by atoms with Crippen molar-refractivity contribution in [1.29, 1.82) is 0 Å². The van der Waals surface area contributed by atoms with Gasteiger partial charge >= 0.3 is 6.03 Å². The molecule has 0 radical (unpaired) electrons. The largest absolute Gasteiger partial charge is 0.355 e. The van der Waals surface area contributed by atoms with Crippen LogP contribution in [0, 0.1) is 0 Å². The molecule has 0 aromatic heterocycles. The zero-order chi connectivity index (χ0) is 18.4. The highest BCUT2D eigenvalue weighted by molar-refractivity contribution is 5.93. The van der Waals surface area contributed by atoms with Crippen LogP contribution in [0.5, 0.6) is 0 Å². The lowest BCUT2D eigenvalue weighted by atomic mass is 9.98. The summed E-state index contributed by atoms with van der Waals surface area (Å²) in [6.07, 6.45) is 1.10. The van der Waals surface area contributed by atoms with Crippen LogP contribution in [0.1, 0.15) is 43.1 Å². The minimum absolute atomic E-state index is 0.0238. The van der Waals surface area contributed by atoms with E-state index in [9.17, 15) is 9.59 Å². The van der Waals surface area contributed by atoms with E-state index in [0.717, 1.165) is 38.2 Å². The van der Waals surface area contributed by atoms with E-state index in [1.54, 1.807) is 19.2 Å². The molecule has 1 aliphatic heterocycles. The summed E-state index contributed by atoms with van der Waals surface area (Å²) in [7, 11) is 1.61. The van der Waals surface area contributed by atoms with Crippen molar-refractivity contribution in [2.75, 3.05) is 33.2 Å². The molecular weight excluding hydrogens is 316 g/mol. The van der Waals surface area contributed by atoms with Crippen molar-refractivity contribution >= 4 is 11.9 Å². The second kappa shape index (κ2) is 8.34. The number of carbonyl (C=O) groups excluding carboxylic acids is 2. The molecule has 1 aliphatic rings. The van der Waals surface area contributed by atoms with Crippen LogP contribution in [0.3, 0.4) is 0 Å². The number of nitrogens with one attached hydrogen (secondary N) is 2. The van der Waals surface area contributed by atoms with Gasteiger partial charge in [0, 0.05) is 50.9 Å². The Bertz CT molecular complexity index is 590. The number of hydrogen-bond acceptors (Lipinski definition) is 3. The van der Waals surface area contributed by atoms with E-state index < -0.39 is 0 Å². The molecule has 2 rings (SSSR count).